The summed E-state index contributed by atoms with van der Waals surface area (Å²) < 4.78 is 0. The molecule has 0 unspecified atom stereocenters. The lowest BCUT2D eigenvalue weighted by molar-refractivity contribution is 0.0746. The molecule has 0 atom stereocenters. The second kappa shape index (κ2) is 6.18. The fraction of sp³-hybridized carbons (Fsp3) is 0.333. The number of hydrogen-bond donors (Lipinski definition) is 0. The Morgan fingerprint density at radius 3 is 2.55 bits per heavy atom. The van der Waals surface area contributed by atoms with Gasteiger partial charge < -0.3 is 9.80 Å². The maximum absolute atomic E-state index is 12.6. The third-order valence-electron chi connectivity index (χ3n) is 4.18. The molecule has 3 rings (SSSR count). The zero-order valence-corrected chi connectivity index (χ0v) is 13.1. The maximum atomic E-state index is 12.6. The number of aromatic nitrogens is 1. The van der Waals surface area contributed by atoms with E-state index in [1.165, 1.54) is 11.3 Å². The summed E-state index contributed by atoms with van der Waals surface area (Å²) in [6.45, 7) is 7.31. The first-order valence-corrected chi connectivity index (χ1v) is 7.66. The van der Waals surface area contributed by atoms with Gasteiger partial charge in [-0.05, 0) is 43.2 Å². The monoisotopic (exact) mass is 295 g/mol. The number of hydrogen-bond acceptors (Lipinski definition) is 3. The second-order valence-corrected chi connectivity index (χ2v) is 5.81. The average molecular weight is 295 g/mol. The number of carbonyl (C=O) groups is 1. The van der Waals surface area contributed by atoms with Crippen LogP contribution in [0.5, 0.6) is 0 Å². The summed E-state index contributed by atoms with van der Waals surface area (Å²) in [5, 5.41) is 0. The smallest absolute Gasteiger partial charge is 0.254 e. The maximum Gasteiger partial charge on any atom is 0.254 e. The lowest BCUT2D eigenvalue weighted by atomic mass is 10.1. The molecule has 1 aromatic carbocycles. The molecule has 0 bridgehead atoms. The Kier molecular flexibility index (Phi) is 4.09. The number of amides is 1. The van der Waals surface area contributed by atoms with Gasteiger partial charge in [-0.25, -0.2) is 0 Å². The van der Waals surface area contributed by atoms with Crippen molar-refractivity contribution in [3.63, 3.8) is 0 Å². The number of rotatable bonds is 2. The van der Waals surface area contributed by atoms with Crippen molar-refractivity contribution >= 4 is 11.6 Å². The third kappa shape index (κ3) is 2.96. The van der Waals surface area contributed by atoms with Crippen LogP contribution in [0.3, 0.4) is 0 Å². The summed E-state index contributed by atoms with van der Waals surface area (Å²) in [5.74, 6) is 0.115. The number of piperazine rings is 1. The molecule has 0 saturated carbocycles. The van der Waals surface area contributed by atoms with Gasteiger partial charge in [0.25, 0.3) is 5.91 Å². The highest BCUT2D eigenvalue weighted by molar-refractivity contribution is 5.95. The lowest BCUT2D eigenvalue weighted by Gasteiger charge is -2.36. The predicted molar refractivity (Wildman–Crippen MR) is 88.3 cm³/mol. The third-order valence-corrected chi connectivity index (χ3v) is 4.18. The molecule has 1 saturated heterocycles. The summed E-state index contributed by atoms with van der Waals surface area (Å²) in [6.07, 6.45) is 3.43. The Morgan fingerprint density at radius 2 is 1.86 bits per heavy atom. The van der Waals surface area contributed by atoms with Crippen molar-refractivity contribution in [2.75, 3.05) is 31.1 Å². The normalized spacial score (nSPS) is 15.0. The van der Waals surface area contributed by atoms with Crippen molar-refractivity contribution in [2.24, 2.45) is 0 Å². The SMILES string of the molecule is Cc1cccc(N2CCN(C(=O)c3ccncc3C)CC2)c1. The first kappa shape index (κ1) is 14.6. The highest BCUT2D eigenvalue weighted by atomic mass is 16.2. The fourth-order valence-electron chi connectivity index (χ4n) is 2.88. The van der Waals surface area contributed by atoms with E-state index in [2.05, 4.69) is 41.1 Å². The Labute approximate surface area is 131 Å². The molecule has 4 heteroatoms. The molecule has 1 aliphatic rings. The molecule has 1 aliphatic heterocycles. The molecule has 0 N–H and O–H groups in total. The van der Waals surface area contributed by atoms with E-state index < -0.39 is 0 Å². The van der Waals surface area contributed by atoms with Crippen molar-refractivity contribution in [2.45, 2.75) is 13.8 Å². The van der Waals surface area contributed by atoms with E-state index >= 15 is 0 Å². The number of pyridine rings is 1. The van der Waals surface area contributed by atoms with Crippen molar-refractivity contribution < 1.29 is 4.79 Å². The number of benzene rings is 1. The molecule has 114 valence electrons. The Balaban J connectivity index is 1.67. The molecule has 1 aromatic heterocycles. The minimum atomic E-state index is 0.115. The van der Waals surface area contributed by atoms with Crippen molar-refractivity contribution in [3.05, 3.63) is 59.4 Å². The van der Waals surface area contributed by atoms with E-state index in [1.807, 2.05) is 17.9 Å². The minimum Gasteiger partial charge on any atom is -0.368 e. The zero-order chi connectivity index (χ0) is 15.5. The summed E-state index contributed by atoms with van der Waals surface area (Å²) >= 11 is 0. The average Bonchev–Trinajstić information content (AvgIpc) is 2.55. The molecular weight excluding hydrogens is 274 g/mol. The molecule has 22 heavy (non-hydrogen) atoms. The van der Waals surface area contributed by atoms with Crippen LogP contribution in [0.25, 0.3) is 0 Å². The van der Waals surface area contributed by atoms with Crippen LogP contribution in [0.4, 0.5) is 5.69 Å². The van der Waals surface area contributed by atoms with Gasteiger partial charge in [-0.1, -0.05) is 12.1 Å². The van der Waals surface area contributed by atoms with Crippen LogP contribution in [-0.4, -0.2) is 42.0 Å². The highest BCUT2D eigenvalue weighted by Gasteiger charge is 2.23. The molecule has 2 heterocycles. The Morgan fingerprint density at radius 1 is 1.09 bits per heavy atom. The zero-order valence-electron chi connectivity index (χ0n) is 13.1. The van der Waals surface area contributed by atoms with Crippen LogP contribution in [0.1, 0.15) is 21.5 Å². The van der Waals surface area contributed by atoms with E-state index in [4.69, 9.17) is 0 Å². The number of carbonyl (C=O) groups excluding carboxylic acids is 1. The van der Waals surface area contributed by atoms with Crippen LogP contribution >= 0.6 is 0 Å². The molecule has 1 fully saturated rings. The van der Waals surface area contributed by atoms with E-state index in [-0.39, 0.29) is 5.91 Å². The molecule has 1 amide bonds. The van der Waals surface area contributed by atoms with Gasteiger partial charge in [-0.15, -0.1) is 0 Å². The number of anilines is 1. The fourth-order valence-corrected chi connectivity index (χ4v) is 2.88. The van der Waals surface area contributed by atoms with Gasteiger partial charge in [0.15, 0.2) is 0 Å². The van der Waals surface area contributed by atoms with Crippen LogP contribution < -0.4 is 4.90 Å². The first-order chi connectivity index (χ1) is 10.6. The Bertz CT molecular complexity index is 676. The van der Waals surface area contributed by atoms with Gasteiger partial charge in [0.2, 0.25) is 0 Å². The van der Waals surface area contributed by atoms with Gasteiger partial charge in [0.05, 0.1) is 0 Å². The Hall–Kier alpha value is -2.36. The summed E-state index contributed by atoms with van der Waals surface area (Å²) in [7, 11) is 0. The van der Waals surface area contributed by atoms with Crippen LogP contribution in [0.2, 0.25) is 0 Å². The quantitative estimate of drug-likeness (QED) is 0.854. The molecule has 2 aromatic rings. The summed E-state index contributed by atoms with van der Waals surface area (Å²) in [4.78, 5) is 20.9. The van der Waals surface area contributed by atoms with Gasteiger partial charge in [-0.2, -0.15) is 0 Å². The second-order valence-electron chi connectivity index (χ2n) is 5.81. The van der Waals surface area contributed by atoms with E-state index in [0.29, 0.717) is 0 Å². The predicted octanol–water partition coefficient (Wildman–Crippen LogP) is 2.66. The molecule has 0 aliphatic carbocycles. The summed E-state index contributed by atoms with van der Waals surface area (Å²) in [5.41, 5.74) is 4.21. The highest BCUT2D eigenvalue weighted by Crippen LogP contribution is 2.19. The largest absolute Gasteiger partial charge is 0.368 e. The first-order valence-electron chi connectivity index (χ1n) is 7.66. The van der Waals surface area contributed by atoms with E-state index in [9.17, 15) is 4.79 Å². The molecule has 4 nitrogen and oxygen atoms in total. The van der Waals surface area contributed by atoms with Crippen molar-refractivity contribution in [1.29, 1.82) is 0 Å². The van der Waals surface area contributed by atoms with E-state index in [1.54, 1.807) is 12.4 Å². The van der Waals surface area contributed by atoms with Crippen molar-refractivity contribution in [1.82, 2.24) is 9.88 Å². The van der Waals surface area contributed by atoms with Crippen LogP contribution in [0.15, 0.2) is 42.7 Å². The van der Waals surface area contributed by atoms with Crippen molar-refractivity contribution in [3.8, 4) is 0 Å². The molecule has 0 spiro atoms. The summed E-state index contributed by atoms with van der Waals surface area (Å²) in [6, 6.07) is 10.3. The van der Waals surface area contributed by atoms with Gasteiger partial charge in [-0.3, -0.25) is 9.78 Å². The standard InChI is InChI=1S/C18H21N3O/c1-14-4-3-5-16(12-14)20-8-10-21(11-9-20)18(22)17-6-7-19-13-15(17)2/h3-7,12-13H,8-11H2,1-2H3. The minimum absolute atomic E-state index is 0.115. The number of aryl methyl sites for hydroxylation is 2. The van der Waals surface area contributed by atoms with Crippen LogP contribution in [0, 0.1) is 13.8 Å². The molecular formula is C18H21N3O. The van der Waals surface area contributed by atoms with E-state index in [0.717, 1.165) is 37.3 Å². The molecule has 0 radical (unpaired) electrons. The van der Waals surface area contributed by atoms with Gasteiger partial charge in [0, 0.05) is 49.8 Å². The van der Waals surface area contributed by atoms with Crippen LogP contribution in [-0.2, 0) is 0 Å². The topological polar surface area (TPSA) is 36.4 Å². The van der Waals surface area contributed by atoms with Gasteiger partial charge in [0.1, 0.15) is 0 Å². The van der Waals surface area contributed by atoms with Gasteiger partial charge >= 0.3 is 0 Å². The lowest BCUT2D eigenvalue weighted by Crippen LogP contribution is -2.49. The number of nitrogens with zero attached hydrogens (tertiary/aromatic N) is 3.